The molecule has 1 aromatic carbocycles. The van der Waals surface area contributed by atoms with Crippen LogP contribution in [-0.2, 0) is 6.54 Å². The van der Waals surface area contributed by atoms with Crippen LogP contribution in [0.3, 0.4) is 0 Å². The SMILES string of the molecule is CN(CC1CC1)c1cnn(Cc2ccccc2)c(=O)c1Cl. The molecule has 0 atom stereocenters. The van der Waals surface area contributed by atoms with Crippen LogP contribution in [0.15, 0.2) is 41.3 Å². The molecule has 0 unspecified atom stereocenters. The van der Waals surface area contributed by atoms with E-state index in [-0.39, 0.29) is 10.6 Å². The number of halogens is 1. The molecule has 0 spiro atoms. The molecule has 0 amide bonds. The summed E-state index contributed by atoms with van der Waals surface area (Å²) in [4.78, 5) is 14.4. The van der Waals surface area contributed by atoms with Gasteiger partial charge in [0.05, 0.1) is 18.4 Å². The van der Waals surface area contributed by atoms with E-state index in [0.717, 1.165) is 23.7 Å². The lowest BCUT2D eigenvalue weighted by Crippen LogP contribution is -2.28. The van der Waals surface area contributed by atoms with Gasteiger partial charge < -0.3 is 4.90 Å². The van der Waals surface area contributed by atoms with Crippen LogP contribution in [0, 0.1) is 5.92 Å². The van der Waals surface area contributed by atoms with Crippen molar-refractivity contribution in [3.63, 3.8) is 0 Å². The first kappa shape index (κ1) is 14.1. The highest BCUT2D eigenvalue weighted by molar-refractivity contribution is 6.33. The molecule has 0 bridgehead atoms. The average Bonchev–Trinajstić information content (AvgIpc) is 3.29. The van der Waals surface area contributed by atoms with Crippen LogP contribution in [0.1, 0.15) is 18.4 Å². The maximum absolute atomic E-state index is 12.3. The fourth-order valence-electron chi connectivity index (χ4n) is 2.38. The lowest BCUT2D eigenvalue weighted by molar-refractivity contribution is 0.636. The minimum absolute atomic E-state index is 0.235. The summed E-state index contributed by atoms with van der Waals surface area (Å²) < 4.78 is 1.41. The Morgan fingerprint density at radius 3 is 2.71 bits per heavy atom. The molecular weight excluding hydrogens is 286 g/mol. The van der Waals surface area contributed by atoms with Gasteiger partial charge in [0.1, 0.15) is 5.02 Å². The summed E-state index contributed by atoms with van der Waals surface area (Å²) in [5, 5.41) is 4.51. The van der Waals surface area contributed by atoms with Crippen LogP contribution in [0.25, 0.3) is 0 Å². The number of hydrogen-bond acceptors (Lipinski definition) is 3. The smallest absolute Gasteiger partial charge is 0.287 e. The van der Waals surface area contributed by atoms with Gasteiger partial charge in [0.2, 0.25) is 0 Å². The van der Waals surface area contributed by atoms with E-state index in [9.17, 15) is 4.79 Å². The van der Waals surface area contributed by atoms with E-state index in [2.05, 4.69) is 5.10 Å². The quantitative estimate of drug-likeness (QED) is 0.852. The molecule has 3 rings (SSSR count). The third kappa shape index (κ3) is 3.27. The predicted molar refractivity (Wildman–Crippen MR) is 85.0 cm³/mol. The predicted octanol–water partition coefficient (Wildman–Crippen LogP) is 2.79. The molecule has 0 saturated heterocycles. The maximum atomic E-state index is 12.3. The van der Waals surface area contributed by atoms with E-state index in [4.69, 9.17) is 11.6 Å². The van der Waals surface area contributed by atoms with Crippen LogP contribution < -0.4 is 10.5 Å². The first-order valence-electron chi connectivity index (χ1n) is 7.16. The standard InChI is InChI=1S/C16H18ClN3O/c1-19(10-13-7-8-13)14-9-18-20(16(21)15(14)17)11-12-5-3-2-4-6-12/h2-6,9,13H,7-8,10-11H2,1H3. The molecule has 21 heavy (non-hydrogen) atoms. The van der Waals surface area contributed by atoms with Gasteiger partial charge in [-0.2, -0.15) is 5.10 Å². The Hall–Kier alpha value is -1.81. The normalized spacial score (nSPS) is 14.2. The monoisotopic (exact) mass is 303 g/mol. The van der Waals surface area contributed by atoms with Gasteiger partial charge in [-0.05, 0) is 24.3 Å². The summed E-state index contributed by atoms with van der Waals surface area (Å²) in [5.74, 6) is 0.734. The van der Waals surface area contributed by atoms with Gasteiger partial charge in [-0.25, -0.2) is 4.68 Å². The topological polar surface area (TPSA) is 38.1 Å². The summed E-state index contributed by atoms with van der Waals surface area (Å²) in [6.07, 6.45) is 4.22. The van der Waals surface area contributed by atoms with Crippen molar-refractivity contribution in [2.45, 2.75) is 19.4 Å². The molecule has 1 heterocycles. The first-order chi connectivity index (χ1) is 10.1. The van der Waals surface area contributed by atoms with Crippen LogP contribution in [0.5, 0.6) is 0 Å². The Bertz CT molecular complexity index is 680. The van der Waals surface area contributed by atoms with E-state index < -0.39 is 0 Å². The number of aromatic nitrogens is 2. The molecule has 1 saturated carbocycles. The largest absolute Gasteiger partial charge is 0.372 e. The van der Waals surface area contributed by atoms with E-state index in [0.29, 0.717) is 6.54 Å². The molecule has 5 heteroatoms. The Morgan fingerprint density at radius 1 is 1.33 bits per heavy atom. The summed E-state index contributed by atoms with van der Waals surface area (Å²) in [5.41, 5.74) is 1.51. The zero-order chi connectivity index (χ0) is 14.8. The van der Waals surface area contributed by atoms with E-state index in [1.54, 1.807) is 6.20 Å². The molecule has 1 aliphatic carbocycles. The Morgan fingerprint density at radius 2 is 2.05 bits per heavy atom. The van der Waals surface area contributed by atoms with Crippen molar-refractivity contribution in [1.82, 2.24) is 9.78 Å². The minimum atomic E-state index is -0.235. The average molecular weight is 304 g/mol. The van der Waals surface area contributed by atoms with Crippen LogP contribution in [0.4, 0.5) is 5.69 Å². The molecule has 1 aromatic heterocycles. The van der Waals surface area contributed by atoms with E-state index >= 15 is 0 Å². The highest BCUT2D eigenvalue weighted by Gasteiger charge is 2.24. The van der Waals surface area contributed by atoms with Crippen molar-refractivity contribution in [3.05, 3.63) is 57.5 Å². The van der Waals surface area contributed by atoms with Crippen LogP contribution >= 0.6 is 11.6 Å². The van der Waals surface area contributed by atoms with Crippen LogP contribution in [-0.4, -0.2) is 23.4 Å². The van der Waals surface area contributed by atoms with Crippen molar-refractivity contribution in [3.8, 4) is 0 Å². The molecule has 1 aliphatic rings. The lowest BCUT2D eigenvalue weighted by Gasteiger charge is -2.20. The zero-order valence-electron chi connectivity index (χ0n) is 12.0. The molecule has 2 aromatic rings. The van der Waals surface area contributed by atoms with Crippen molar-refractivity contribution < 1.29 is 0 Å². The molecule has 0 N–H and O–H groups in total. The lowest BCUT2D eigenvalue weighted by atomic mass is 10.2. The minimum Gasteiger partial charge on any atom is -0.372 e. The van der Waals surface area contributed by atoms with Gasteiger partial charge >= 0.3 is 0 Å². The van der Waals surface area contributed by atoms with Crippen molar-refractivity contribution in [2.24, 2.45) is 5.92 Å². The summed E-state index contributed by atoms with van der Waals surface area (Å²) in [6, 6.07) is 9.77. The zero-order valence-corrected chi connectivity index (χ0v) is 12.8. The van der Waals surface area contributed by atoms with E-state index in [1.807, 2.05) is 42.3 Å². The molecule has 110 valence electrons. The second-order valence-electron chi connectivity index (χ2n) is 5.62. The van der Waals surface area contributed by atoms with Gasteiger partial charge in [-0.15, -0.1) is 0 Å². The second-order valence-corrected chi connectivity index (χ2v) is 5.99. The van der Waals surface area contributed by atoms with Gasteiger partial charge in [0.15, 0.2) is 0 Å². The van der Waals surface area contributed by atoms with Gasteiger partial charge in [0, 0.05) is 13.6 Å². The molecule has 0 radical (unpaired) electrons. The molecule has 4 nitrogen and oxygen atoms in total. The Kier molecular flexibility index (Phi) is 3.97. The molecule has 1 fully saturated rings. The Balaban J connectivity index is 1.83. The van der Waals surface area contributed by atoms with Gasteiger partial charge in [0.25, 0.3) is 5.56 Å². The summed E-state index contributed by atoms with van der Waals surface area (Å²) in [7, 11) is 1.96. The van der Waals surface area contributed by atoms with Gasteiger partial charge in [-0.3, -0.25) is 4.79 Å². The highest BCUT2D eigenvalue weighted by Crippen LogP contribution is 2.31. The van der Waals surface area contributed by atoms with Crippen LogP contribution in [0.2, 0.25) is 5.02 Å². The number of anilines is 1. The number of benzene rings is 1. The van der Waals surface area contributed by atoms with Gasteiger partial charge in [-0.1, -0.05) is 41.9 Å². The third-order valence-electron chi connectivity index (χ3n) is 3.78. The number of hydrogen-bond donors (Lipinski definition) is 0. The first-order valence-corrected chi connectivity index (χ1v) is 7.53. The summed E-state index contributed by atoms with van der Waals surface area (Å²) >= 11 is 6.25. The van der Waals surface area contributed by atoms with Crippen molar-refractivity contribution >= 4 is 17.3 Å². The van der Waals surface area contributed by atoms with Crippen molar-refractivity contribution in [2.75, 3.05) is 18.5 Å². The van der Waals surface area contributed by atoms with Crippen molar-refractivity contribution in [1.29, 1.82) is 0 Å². The summed E-state index contributed by atoms with van der Waals surface area (Å²) in [6.45, 7) is 1.37. The maximum Gasteiger partial charge on any atom is 0.287 e. The number of rotatable bonds is 5. The molecule has 0 aliphatic heterocycles. The Labute approximate surface area is 129 Å². The fourth-order valence-corrected chi connectivity index (χ4v) is 2.67. The van der Waals surface area contributed by atoms with E-state index in [1.165, 1.54) is 17.5 Å². The molecular formula is C16H18ClN3O. The second kappa shape index (κ2) is 5.90. The fraction of sp³-hybridized carbons (Fsp3) is 0.375. The highest BCUT2D eigenvalue weighted by atomic mass is 35.5. The third-order valence-corrected chi connectivity index (χ3v) is 4.14. The number of nitrogens with zero attached hydrogens (tertiary/aromatic N) is 3.